The molecule has 4 heteroatoms. The highest BCUT2D eigenvalue weighted by molar-refractivity contribution is 8.00. The minimum Gasteiger partial charge on any atom is -0.298 e. The fourth-order valence-corrected chi connectivity index (χ4v) is 3.37. The van der Waals surface area contributed by atoms with E-state index in [1.54, 1.807) is 12.1 Å². The minimum absolute atomic E-state index is 0.141. The zero-order valence-electron chi connectivity index (χ0n) is 11.4. The van der Waals surface area contributed by atoms with Crippen LogP contribution in [-0.4, -0.2) is 28.5 Å². The highest BCUT2D eigenvalue weighted by Crippen LogP contribution is 2.31. The molecule has 1 aromatic rings. The van der Waals surface area contributed by atoms with Crippen LogP contribution in [0.3, 0.4) is 0 Å². The van der Waals surface area contributed by atoms with Gasteiger partial charge in [-0.3, -0.25) is 4.90 Å². The van der Waals surface area contributed by atoms with Crippen molar-refractivity contribution in [2.45, 2.75) is 31.6 Å². The second-order valence-electron chi connectivity index (χ2n) is 5.56. The van der Waals surface area contributed by atoms with Gasteiger partial charge in [0.15, 0.2) is 0 Å². The summed E-state index contributed by atoms with van der Waals surface area (Å²) >= 11 is 2.01. The maximum absolute atomic E-state index is 13.3. The molecule has 0 unspecified atom stereocenters. The summed E-state index contributed by atoms with van der Waals surface area (Å²) in [5.41, 5.74) is 1.16. The number of thioether (sulfide) groups is 1. The molecule has 0 saturated carbocycles. The van der Waals surface area contributed by atoms with Gasteiger partial charge in [0.1, 0.15) is 11.9 Å². The van der Waals surface area contributed by atoms with Crippen molar-refractivity contribution in [3.05, 3.63) is 35.1 Å². The van der Waals surface area contributed by atoms with Crippen molar-refractivity contribution in [1.82, 2.24) is 4.90 Å². The van der Waals surface area contributed by atoms with E-state index in [0.29, 0.717) is 4.75 Å². The van der Waals surface area contributed by atoms with Crippen LogP contribution in [0, 0.1) is 17.1 Å². The van der Waals surface area contributed by atoms with Gasteiger partial charge in [-0.1, -0.05) is 19.9 Å². The van der Waals surface area contributed by atoms with Crippen molar-refractivity contribution >= 4 is 11.8 Å². The van der Waals surface area contributed by atoms with Crippen molar-refractivity contribution in [2.24, 2.45) is 0 Å². The first-order chi connectivity index (χ1) is 9.00. The van der Waals surface area contributed by atoms with E-state index in [1.165, 1.54) is 6.07 Å². The number of rotatable bonds is 2. The molecule has 2 rings (SSSR count). The van der Waals surface area contributed by atoms with Crippen LogP contribution in [0.4, 0.5) is 4.39 Å². The molecule has 1 aromatic carbocycles. The largest absolute Gasteiger partial charge is 0.298 e. The summed E-state index contributed by atoms with van der Waals surface area (Å²) in [5.74, 6) is 0.693. The highest BCUT2D eigenvalue weighted by Gasteiger charge is 2.23. The number of halogens is 1. The molecule has 0 aliphatic carbocycles. The minimum atomic E-state index is -0.432. The topological polar surface area (TPSA) is 27.0 Å². The van der Waals surface area contributed by atoms with Gasteiger partial charge in [-0.15, -0.1) is 0 Å². The summed E-state index contributed by atoms with van der Waals surface area (Å²) in [6, 6.07) is 6.74. The van der Waals surface area contributed by atoms with E-state index in [1.807, 2.05) is 17.8 Å². The third-order valence-corrected chi connectivity index (χ3v) is 4.86. The van der Waals surface area contributed by atoms with Gasteiger partial charge in [0.05, 0.1) is 5.56 Å². The van der Waals surface area contributed by atoms with Crippen molar-refractivity contribution in [3.8, 4) is 6.07 Å². The number of nitriles is 1. The van der Waals surface area contributed by atoms with Crippen LogP contribution in [0.1, 0.15) is 31.4 Å². The van der Waals surface area contributed by atoms with Gasteiger partial charge in [-0.05, 0) is 30.7 Å². The SMILES string of the molecule is CC1(C)CCN(Cc2ccc(F)c(C#N)c2)CCS1. The van der Waals surface area contributed by atoms with E-state index in [2.05, 4.69) is 18.7 Å². The molecule has 1 heterocycles. The lowest BCUT2D eigenvalue weighted by Crippen LogP contribution is -2.26. The van der Waals surface area contributed by atoms with Crippen LogP contribution >= 0.6 is 11.8 Å². The standard InChI is InChI=1S/C15H19FN2S/c1-15(2)5-6-18(7-8-19-15)11-12-3-4-14(16)13(9-12)10-17/h3-4,9H,5-8,11H2,1-2H3. The summed E-state index contributed by atoms with van der Waals surface area (Å²) in [6.07, 6.45) is 1.16. The third kappa shape index (κ3) is 3.95. The lowest BCUT2D eigenvalue weighted by atomic mass is 10.1. The van der Waals surface area contributed by atoms with Crippen LogP contribution < -0.4 is 0 Å². The van der Waals surface area contributed by atoms with Crippen LogP contribution in [-0.2, 0) is 6.54 Å². The van der Waals surface area contributed by atoms with Gasteiger partial charge in [0, 0.05) is 23.6 Å². The highest BCUT2D eigenvalue weighted by atomic mass is 32.2. The van der Waals surface area contributed by atoms with Gasteiger partial charge in [0.25, 0.3) is 0 Å². The normalized spacial score (nSPS) is 19.7. The molecule has 1 saturated heterocycles. The fraction of sp³-hybridized carbons (Fsp3) is 0.533. The average molecular weight is 278 g/mol. The fourth-order valence-electron chi connectivity index (χ4n) is 2.24. The molecule has 2 nitrogen and oxygen atoms in total. The van der Waals surface area contributed by atoms with E-state index in [4.69, 9.17) is 5.26 Å². The molecule has 0 aromatic heterocycles. The zero-order valence-corrected chi connectivity index (χ0v) is 12.3. The van der Waals surface area contributed by atoms with E-state index in [-0.39, 0.29) is 5.56 Å². The first kappa shape index (κ1) is 14.4. The van der Waals surface area contributed by atoms with Gasteiger partial charge in [0.2, 0.25) is 0 Å². The first-order valence-corrected chi connectivity index (χ1v) is 7.53. The van der Waals surface area contributed by atoms with Gasteiger partial charge < -0.3 is 0 Å². The maximum atomic E-state index is 13.3. The molecule has 0 bridgehead atoms. The molecule has 19 heavy (non-hydrogen) atoms. The predicted molar refractivity (Wildman–Crippen MR) is 77.5 cm³/mol. The monoisotopic (exact) mass is 278 g/mol. The Morgan fingerprint density at radius 3 is 2.95 bits per heavy atom. The average Bonchev–Trinajstić information content (AvgIpc) is 2.53. The molecule has 0 radical (unpaired) electrons. The number of benzene rings is 1. The van der Waals surface area contributed by atoms with E-state index in [9.17, 15) is 4.39 Å². The molecular formula is C15H19FN2S. The van der Waals surface area contributed by atoms with Crippen molar-refractivity contribution in [2.75, 3.05) is 18.8 Å². The summed E-state index contributed by atoms with van der Waals surface area (Å²) in [7, 11) is 0. The van der Waals surface area contributed by atoms with Crippen LogP contribution in [0.2, 0.25) is 0 Å². The number of hydrogen-bond acceptors (Lipinski definition) is 3. The van der Waals surface area contributed by atoms with E-state index < -0.39 is 5.82 Å². The van der Waals surface area contributed by atoms with Gasteiger partial charge in [-0.2, -0.15) is 17.0 Å². The first-order valence-electron chi connectivity index (χ1n) is 6.55. The zero-order chi connectivity index (χ0) is 13.9. The molecule has 0 N–H and O–H groups in total. The Morgan fingerprint density at radius 2 is 2.21 bits per heavy atom. The molecule has 0 amide bonds. The molecule has 102 valence electrons. The lowest BCUT2D eigenvalue weighted by molar-refractivity contribution is 0.276. The summed E-state index contributed by atoms with van der Waals surface area (Å²) in [5, 5.41) is 8.86. The van der Waals surface area contributed by atoms with Gasteiger partial charge >= 0.3 is 0 Å². The van der Waals surface area contributed by atoms with Crippen LogP contribution in [0.15, 0.2) is 18.2 Å². The molecular weight excluding hydrogens is 259 g/mol. The number of hydrogen-bond donors (Lipinski definition) is 0. The Balaban J connectivity index is 2.03. The second-order valence-corrected chi connectivity index (χ2v) is 7.36. The Hall–Kier alpha value is -1.05. The van der Waals surface area contributed by atoms with Crippen LogP contribution in [0.5, 0.6) is 0 Å². The van der Waals surface area contributed by atoms with E-state index in [0.717, 1.165) is 37.4 Å². The van der Waals surface area contributed by atoms with Crippen molar-refractivity contribution in [3.63, 3.8) is 0 Å². The summed E-state index contributed by atoms with van der Waals surface area (Å²) in [6.45, 7) is 7.47. The van der Waals surface area contributed by atoms with E-state index >= 15 is 0 Å². The quantitative estimate of drug-likeness (QED) is 0.829. The van der Waals surface area contributed by atoms with Crippen molar-refractivity contribution in [1.29, 1.82) is 5.26 Å². The summed E-state index contributed by atoms with van der Waals surface area (Å²) < 4.78 is 13.6. The molecule has 0 atom stereocenters. The van der Waals surface area contributed by atoms with Crippen LogP contribution in [0.25, 0.3) is 0 Å². The third-order valence-electron chi connectivity index (χ3n) is 3.49. The Bertz CT molecular complexity index is 493. The Morgan fingerprint density at radius 1 is 1.42 bits per heavy atom. The van der Waals surface area contributed by atoms with Gasteiger partial charge in [-0.25, -0.2) is 4.39 Å². The second kappa shape index (κ2) is 5.94. The maximum Gasteiger partial charge on any atom is 0.140 e. The Kier molecular flexibility index (Phi) is 4.49. The lowest BCUT2D eigenvalue weighted by Gasteiger charge is -2.22. The predicted octanol–water partition coefficient (Wildman–Crippen LogP) is 3.41. The molecule has 1 aliphatic rings. The smallest absolute Gasteiger partial charge is 0.140 e. The van der Waals surface area contributed by atoms with Crippen molar-refractivity contribution < 1.29 is 4.39 Å². The molecule has 1 aliphatic heterocycles. The Labute approximate surface area is 118 Å². The molecule has 0 spiro atoms. The summed E-state index contributed by atoms with van der Waals surface area (Å²) in [4.78, 5) is 2.39. The number of nitrogens with zero attached hydrogens (tertiary/aromatic N) is 2. The molecule has 1 fully saturated rings.